The second-order valence-corrected chi connectivity index (χ2v) is 6.26. The van der Waals surface area contributed by atoms with Gasteiger partial charge in [0.05, 0.1) is 0 Å². The fourth-order valence-corrected chi connectivity index (χ4v) is 3.14. The lowest BCUT2D eigenvalue weighted by molar-refractivity contribution is -0.124. The Kier molecular flexibility index (Phi) is 5.64. The van der Waals surface area contributed by atoms with Crippen molar-refractivity contribution in [2.24, 2.45) is 0 Å². The third-order valence-corrected chi connectivity index (χ3v) is 4.46. The number of carbonyl (C=O) groups excluding carboxylic acids is 2. The van der Waals surface area contributed by atoms with E-state index < -0.39 is 0 Å². The Hall–Kier alpha value is -2.04. The molecule has 0 N–H and O–H groups in total. The van der Waals surface area contributed by atoms with Crippen molar-refractivity contribution in [2.75, 3.05) is 25.0 Å². The van der Waals surface area contributed by atoms with Crippen LogP contribution in [0.3, 0.4) is 0 Å². The Labute approximate surface area is 138 Å². The molecule has 1 aliphatic rings. The monoisotopic (exact) mass is 317 g/mol. The van der Waals surface area contributed by atoms with Gasteiger partial charge in [-0.1, -0.05) is 18.2 Å². The summed E-state index contributed by atoms with van der Waals surface area (Å²) in [5.41, 5.74) is 0.902. The molecule has 1 atom stereocenters. The van der Waals surface area contributed by atoms with Crippen molar-refractivity contribution < 1.29 is 9.59 Å². The minimum atomic E-state index is -0.385. The fourth-order valence-electron chi connectivity index (χ4n) is 3.14. The SMILES string of the molecule is CCN(C(=O)N(C)C1CCCN(c2ccccc2)C1=O)C(C)C. The van der Waals surface area contributed by atoms with Gasteiger partial charge < -0.3 is 14.7 Å². The molecule has 1 fully saturated rings. The molecule has 1 heterocycles. The van der Waals surface area contributed by atoms with Crippen LogP contribution in [0, 0.1) is 0 Å². The molecule has 1 aromatic carbocycles. The van der Waals surface area contributed by atoms with E-state index >= 15 is 0 Å². The molecule has 23 heavy (non-hydrogen) atoms. The van der Waals surface area contributed by atoms with Crippen LogP contribution >= 0.6 is 0 Å². The van der Waals surface area contributed by atoms with Crippen LogP contribution < -0.4 is 4.90 Å². The van der Waals surface area contributed by atoms with E-state index in [1.807, 2.05) is 51.1 Å². The standard InChI is InChI=1S/C18H27N3O2/c1-5-20(14(2)3)18(23)19(4)16-12-9-13-21(17(16)22)15-10-7-6-8-11-15/h6-8,10-11,14,16H,5,9,12-13H2,1-4H3. The highest BCUT2D eigenvalue weighted by atomic mass is 16.2. The molecule has 0 aromatic heterocycles. The van der Waals surface area contributed by atoms with Gasteiger partial charge in [-0.05, 0) is 45.7 Å². The molecule has 5 nitrogen and oxygen atoms in total. The topological polar surface area (TPSA) is 43.9 Å². The number of nitrogens with zero attached hydrogens (tertiary/aromatic N) is 3. The molecule has 3 amide bonds. The zero-order chi connectivity index (χ0) is 17.0. The average Bonchev–Trinajstić information content (AvgIpc) is 2.55. The zero-order valence-electron chi connectivity index (χ0n) is 14.5. The molecule has 0 bridgehead atoms. The van der Waals surface area contributed by atoms with Crippen LogP contribution in [-0.4, -0.2) is 54.0 Å². The number of rotatable bonds is 4. The number of likely N-dealkylation sites (N-methyl/N-ethyl adjacent to an activating group) is 1. The highest BCUT2D eigenvalue weighted by Crippen LogP contribution is 2.23. The molecule has 0 saturated carbocycles. The Morgan fingerprint density at radius 3 is 2.52 bits per heavy atom. The minimum Gasteiger partial charge on any atom is -0.322 e. The van der Waals surface area contributed by atoms with Crippen molar-refractivity contribution in [1.82, 2.24) is 9.80 Å². The van der Waals surface area contributed by atoms with Gasteiger partial charge in [0.2, 0.25) is 5.91 Å². The van der Waals surface area contributed by atoms with Crippen molar-refractivity contribution in [1.29, 1.82) is 0 Å². The van der Waals surface area contributed by atoms with Crippen molar-refractivity contribution in [3.63, 3.8) is 0 Å². The normalized spacial score (nSPS) is 18.2. The second-order valence-electron chi connectivity index (χ2n) is 6.26. The second kappa shape index (κ2) is 7.49. The first kappa shape index (κ1) is 17.3. The van der Waals surface area contributed by atoms with Gasteiger partial charge in [-0.3, -0.25) is 4.79 Å². The fraction of sp³-hybridized carbons (Fsp3) is 0.556. The van der Waals surface area contributed by atoms with Crippen molar-refractivity contribution in [3.05, 3.63) is 30.3 Å². The van der Waals surface area contributed by atoms with Crippen molar-refractivity contribution in [2.45, 2.75) is 45.7 Å². The summed E-state index contributed by atoms with van der Waals surface area (Å²) in [6, 6.07) is 9.34. The number of para-hydroxylation sites is 1. The van der Waals surface area contributed by atoms with Crippen LogP contribution in [0.25, 0.3) is 0 Å². The number of carbonyl (C=O) groups is 2. The Morgan fingerprint density at radius 2 is 1.96 bits per heavy atom. The molecule has 0 aliphatic carbocycles. The first-order chi connectivity index (χ1) is 11.0. The Balaban J connectivity index is 2.16. The van der Waals surface area contributed by atoms with Crippen LogP contribution in [0.5, 0.6) is 0 Å². The summed E-state index contributed by atoms with van der Waals surface area (Å²) in [6.45, 7) is 7.31. The van der Waals surface area contributed by atoms with E-state index in [4.69, 9.17) is 0 Å². The number of hydrogen-bond acceptors (Lipinski definition) is 2. The predicted molar refractivity (Wildman–Crippen MR) is 92.5 cm³/mol. The maximum absolute atomic E-state index is 12.9. The summed E-state index contributed by atoms with van der Waals surface area (Å²) in [5.74, 6) is 0.0121. The van der Waals surface area contributed by atoms with Crippen LogP contribution in [-0.2, 0) is 4.79 Å². The molecule has 2 rings (SSSR count). The highest BCUT2D eigenvalue weighted by molar-refractivity contribution is 5.99. The minimum absolute atomic E-state index is 0.0121. The zero-order valence-corrected chi connectivity index (χ0v) is 14.5. The molecule has 1 saturated heterocycles. The number of anilines is 1. The van der Waals surface area contributed by atoms with Crippen LogP contribution in [0.2, 0.25) is 0 Å². The van der Waals surface area contributed by atoms with E-state index in [-0.39, 0.29) is 24.0 Å². The summed E-state index contributed by atoms with van der Waals surface area (Å²) in [5, 5.41) is 0. The van der Waals surface area contributed by atoms with Crippen LogP contribution in [0.15, 0.2) is 30.3 Å². The third-order valence-electron chi connectivity index (χ3n) is 4.46. The van der Waals surface area contributed by atoms with Gasteiger partial charge in [0.1, 0.15) is 6.04 Å². The Morgan fingerprint density at radius 1 is 1.30 bits per heavy atom. The van der Waals surface area contributed by atoms with E-state index in [0.717, 1.165) is 18.5 Å². The lowest BCUT2D eigenvalue weighted by Crippen LogP contribution is -2.56. The van der Waals surface area contributed by atoms with Crippen molar-refractivity contribution >= 4 is 17.6 Å². The van der Waals surface area contributed by atoms with Gasteiger partial charge in [-0.2, -0.15) is 0 Å². The number of amides is 3. The number of benzene rings is 1. The van der Waals surface area contributed by atoms with E-state index in [2.05, 4.69) is 0 Å². The molecular formula is C18H27N3O2. The molecule has 1 aliphatic heterocycles. The summed E-state index contributed by atoms with van der Waals surface area (Å²) < 4.78 is 0. The summed E-state index contributed by atoms with van der Waals surface area (Å²) in [6.07, 6.45) is 1.62. The summed E-state index contributed by atoms with van der Waals surface area (Å²) in [4.78, 5) is 30.7. The van der Waals surface area contributed by atoms with Gasteiger partial charge in [0, 0.05) is 31.9 Å². The van der Waals surface area contributed by atoms with Gasteiger partial charge in [-0.25, -0.2) is 4.79 Å². The molecule has 1 unspecified atom stereocenters. The molecule has 126 valence electrons. The molecule has 0 radical (unpaired) electrons. The largest absolute Gasteiger partial charge is 0.322 e. The van der Waals surface area contributed by atoms with E-state index in [9.17, 15) is 9.59 Å². The molecule has 1 aromatic rings. The maximum atomic E-state index is 12.9. The van der Waals surface area contributed by atoms with Gasteiger partial charge in [0.25, 0.3) is 0 Å². The van der Waals surface area contributed by atoms with E-state index in [1.54, 1.807) is 21.7 Å². The van der Waals surface area contributed by atoms with Crippen LogP contribution in [0.1, 0.15) is 33.6 Å². The Bertz CT molecular complexity index is 544. The quantitative estimate of drug-likeness (QED) is 0.857. The lowest BCUT2D eigenvalue weighted by Gasteiger charge is -2.39. The first-order valence-electron chi connectivity index (χ1n) is 8.37. The molecule has 5 heteroatoms. The third kappa shape index (κ3) is 3.66. The first-order valence-corrected chi connectivity index (χ1v) is 8.37. The van der Waals surface area contributed by atoms with E-state index in [0.29, 0.717) is 13.1 Å². The number of urea groups is 1. The average molecular weight is 317 g/mol. The molecular weight excluding hydrogens is 290 g/mol. The summed E-state index contributed by atoms with van der Waals surface area (Å²) >= 11 is 0. The summed E-state index contributed by atoms with van der Waals surface area (Å²) in [7, 11) is 1.74. The highest BCUT2D eigenvalue weighted by Gasteiger charge is 2.36. The predicted octanol–water partition coefficient (Wildman–Crippen LogP) is 2.96. The lowest BCUT2D eigenvalue weighted by atomic mass is 10.0. The number of hydrogen-bond donors (Lipinski definition) is 0. The van der Waals surface area contributed by atoms with Crippen molar-refractivity contribution in [3.8, 4) is 0 Å². The number of piperidine rings is 1. The van der Waals surface area contributed by atoms with E-state index in [1.165, 1.54) is 0 Å². The smallest absolute Gasteiger partial charge is 0.320 e. The van der Waals surface area contributed by atoms with Gasteiger partial charge >= 0.3 is 6.03 Å². The maximum Gasteiger partial charge on any atom is 0.320 e. The van der Waals surface area contributed by atoms with Gasteiger partial charge in [-0.15, -0.1) is 0 Å². The van der Waals surface area contributed by atoms with Gasteiger partial charge in [0.15, 0.2) is 0 Å². The van der Waals surface area contributed by atoms with Crippen LogP contribution in [0.4, 0.5) is 10.5 Å². The molecule has 0 spiro atoms.